The van der Waals surface area contributed by atoms with Gasteiger partial charge in [-0.2, -0.15) is 0 Å². The van der Waals surface area contributed by atoms with E-state index < -0.39 is 46.8 Å². The molecule has 0 saturated carbocycles. The quantitative estimate of drug-likeness (QED) is 0.420. The summed E-state index contributed by atoms with van der Waals surface area (Å²) in [6.45, 7) is 4.83. The summed E-state index contributed by atoms with van der Waals surface area (Å²) >= 11 is 0. The fourth-order valence-electron chi connectivity index (χ4n) is 4.12. The lowest BCUT2D eigenvalue weighted by Crippen LogP contribution is -2.55. The van der Waals surface area contributed by atoms with Gasteiger partial charge in [-0.05, 0) is 57.4 Å². The van der Waals surface area contributed by atoms with Crippen LogP contribution in [0.5, 0.6) is 0 Å². The highest BCUT2D eigenvalue weighted by molar-refractivity contribution is 6.44. The number of anilines is 1. The molecular weight excluding hydrogens is 453 g/mol. The van der Waals surface area contributed by atoms with Crippen LogP contribution in [0.2, 0.25) is 0 Å². The Morgan fingerprint density at radius 2 is 1.82 bits per heavy atom. The normalized spacial score (nSPS) is 12.9. The molecule has 3 amide bonds. The minimum Gasteiger partial charge on any atom is -0.357 e. The van der Waals surface area contributed by atoms with Gasteiger partial charge in [-0.1, -0.05) is 0 Å². The number of likely N-dealkylation sites (N-methyl/N-ethyl adjacent to an activating group) is 1. The molecule has 2 heterocycles. The average molecular weight is 478 g/mol. The topological polar surface area (TPSA) is 109 Å². The Kier molecular flexibility index (Phi) is 6.85. The molecule has 1 aromatic carbocycles. The molecule has 182 valence electrons. The molecule has 0 fully saturated rings. The first-order valence-electron chi connectivity index (χ1n) is 10.6. The van der Waals surface area contributed by atoms with E-state index in [4.69, 9.17) is 0 Å². The Morgan fingerprint density at radius 1 is 1.15 bits per heavy atom. The van der Waals surface area contributed by atoms with E-state index in [0.29, 0.717) is 25.1 Å². The number of hydrogen-bond acceptors (Lipinski definition) is 4. The minimum atomic E-state index is -3.06. The van der Waals surface area contributed by atoms with Crippen molar-refractivity contribution in [3.63, 3.8) is 0 Å². The van der Waals surface area contributed by atoms with Crippen molar-refractivity contribution in [3.05, 3.63) is 52.1 Å². The fourth-order valence-corrected chi connectivity index (χ4v) is 4.12. The second kappa shape index (κ2) is 9.32. The van der Waals surface area contributed by atoms with Crippen LogP contribution in [0.4, 0.5) is 18.9 Å². The van der Waals surface area contributed by atoms with Crippen LogP contribution in [0.15, 0.2) is 18.2 Å². The molecule has 0 bridgehead atoms. The number of rotatable bonds is 7. The summed E-state index contributed by atoms with van der Waals surface area (Å²) in [7, 11) is 1.40. The summed E-state index contributed by atoms with van der Waals surface area (Å²) in [6, 6.07) is 2.84. The van der Waals surface area contributed by atoms with Gasteiger partial charge in [0.05, 0.1) is 11.1 Å². The van der Waals surface area contributed by atoms with Gasteiger partial charge in [0.2, 0.25) is 5.91 Å². The Morgan fingerprint density at radius 3 is 2.44 bits per heavy atom. The first-order valence-corrected chi connectivity index (χ1v) is 10.6. The number of Topliss-reactive ketones (excluding diaryl/α,β-unsaturated/α-hetero) is 1. The molecule has 0 atom stereocenters. The molecule has 1 aliphatic rings. The summed E-state index contributed by atoms with van der Waals surface area (Å²) in [6.07, 6.45) is -1.97. The zero-order valence-corrected chi connectivity index (χ0v) is 19.1. The molecule has 34 heavy (non-hydrogen) atoms. The lowest BCUT2D eigenvalue weighted by molar-refractivity contribution is -0.130. The van der Waals surface area contributed by atoms with Crippen molar-refractivity contribution in [1.82, 2.24) is 15.2 Å². The van der Waals surface area contributed by atoms with E-state index in [1.807, 2.05) is 0 Å². The van der Waals surface area contributed by atoms with Gasteiger partial charge in [0.15, 0.2) is 0 Å². The van der Waals surface area contributed by atoms with Crippen molar-refractivity contribution in [2.24, 2.45) is 0 Å². The van der Waals surface area contributed by atoms with Gasteiger partial charge >= 0.3 is 0 Å². The van der Waals surface area contributed by atoms with E-state index in [9.17, 15) is 32.3 Å². The number of carbonyl (C=O) groups is 4. The maximum absolute atomic E-state index is 13.6. The molecule has 1 aliphatic heterocycles. The van der Waals surface area contributed by atoms with Gasteiger partial charge in [-0.3, -0.25) is 19.2 Å². The largest absolute Gasteiger partial charge is 0.357 e. The van der Waals surface area contributed by atoms with Gasteiger partial charge in [0.25, 0.3) is 24.0 Å². The molecular formula is C23H25F3N4O4. The number of benzene rings is 1. The van der Waals surface area contributed by atoms with Gasteiger partial charge in [-0.15, -0.1) is 0 Å². The maximum Gasteiger partial charge on any atom is 0.293 e. The molecule has 0 spiro atoms. The number of nitrogens with one attached hydrogen (secondary N) is 3. The predicted octanol–water partition coefficient (Wildman–Crippen LogP) is 2.90. The second-order valence-corrected chi connectivity index (χ2v) is 8.53. The standard InChI is InChI=1S/C23H25F3N4O4/c1-11-16(18(31)21(33)29-23(2,3)22(34)27-4)15-6-5-9-30(15)17(11)20(32)28-12-7-8-14(24)13(10-12)19(25)26/h7-8,10,19H,5-6,9H2,1-4H3,(H,27,34)(H,28,32)(H,29,33). The third kappa shape index (κ3) is 4.55. The van der Waals surface area contributed by atoms with Crippen LogP contribution < -0.4 is 16.0 Å². The first kappa shape index (κ1) is 25.0. The van der Waals surface area contributed by atoms with Crippen LogP contribution in [0.1, 0.15) is 64.4 Å². The van der Waals surface area contributed by atoms with Crippen molar-refractivity contribution in [1.29, 1.82) is 0 Å². The molecule has 0 saturated heterocycles. The lowest BCUT2D eigenvalue weighted by Gasteiger charge is -2.23. The average Bonchev–Trinajstić information content (AvgIpc) is 3.32. The molecule has 11 heteroatoms. The Bertz CT molecular complexity index is 1190. The number of halogens is 3. The summed E-state index contributed by atoms with van der Waals surface area (Å²) in [4.78, 5) is 50.7. The summed E-state index contributed by atoms with van der Waals surface area (Å²) in [5.74, 6) is -4.15. The minimum absolute atomic E-state index is 0.0346. The Labute approximate surface area is 193 Å². The zero-order valence-electron chi connectivity index (χ0n) is 19.1. The van der Waals surface area contributed by atoms with E-state index in [0.717, 1.165) is 18.2 Å². The molecule has 0 radical (unpaired) electrons. The van der Waals surface area contributed by atoms with Crippen LogP contribution in [0.3, 0.4) is 0 Å². The SMILES string of the molecule is CNC(=O)C(C)(C)NC(=O)C(=O)c1c(C)c(C(=O)Nc2ccc(F)c(C(F)F)c2)n2c1CCC2. The van der Waals surface area contributed by atoms with Crippen LogP contribution in [-0.4, -0.2) is 40.7 Å². The third-order valence-electron chi connectivity index (χ3n) is 5.77. The van der Waals surface area contributed by atoms with Gasteiger partial charge in [-0.25, -0.2) is 13.2 Å². The molecule has 8 nitrogen and oxygen atoms in total. The second-order valence-electron chi connectivity index (χ2n) is 8.53. The van der Waals surface area contributed by atoms with Crippen molar-refractivity contribution < 1.29 is 32.3 Å². The number of aromatic nitrogens is 1. The van der Waals surface area contributed by atoms with Crippen LogP contribution in [0, 0.1) is 12.7 Å². The number of amides is 3. The maximum atomic E-state index is 13.6. The zero-order chi connectivity index (χ0) is 25.4. The number of carbonyl (C=O) groups excluding carboxylic acids is 4. The molecule has 3 N–H and O–H groups in total. The number of hydrogen-bond donors (Lipinski definition) is 3. The van der Waals surface area contributed by atoms with Crippen LogP contribution in [-0.2, 0) is 22.6 Å². The monoisotopic (exact) mass is 478 g/mol. The van der Waals surface area contributed by atoms with E-state index in [1.54, 1.807) is 4.57 Å². The summed E-state index contributed by atoms with van der Waals surface area (Å²) < 4.78 is 41.2. The van der Waals surface area contributed by atoms with Crippen molar-refractivity contribution in [3.8, 4) is 0 Å². The number of fused-ring (bicyclic) bond motifs is 1. The third-order valence-corrected chi connectivity index (χ3v) is 5.77. The molecule has 3 rings (SSSR count). The van der Waals surface area contributed by atoms with Crippen molar-refractivity contribution >= 4 is 29.2 Å². The van der Waals surface area contributed by atoms with Gasteiger partial charge < -0.3 is 20.5 Å². The van der Waals surface area contributed by atoms with Crippen molar-refractivity contribution in [2.75, 3.05) is 12.4 Å². The fraction of sp³-hybridized carbons (Fsp3) is 0.391. The Hall–Kier alpha value is -3.63. The smallest absolute Gasteiger partial charge is 0.293 e. The molecule has 2 aromatic rings. The van der Waals surface area contributed by atoms with E-state index in [2.05, 4.69) is 16.0 Å². The van der Waals surface area contributed by atoms with Gasteiger partial charge in [0, 0.05) is 25.0 Å². The number of alkyl halides is 2. The van der Waals surface area contributed by atoms with Crippen LogP contribution >= 0.6 is 0 Å². The first-order chi connectivity index (χ1) is 15.9. The number of nitrogens with zero attached hydrogens (tertiary/aromatic N) is 1. The predicted molar refractivity (Wildman–Crippen MR) is 117 cm³/mol. The molecule has 0 aliphatic carbocycles. The summed E-state index contributed by atoms with van der Waals surface area (Å²) in [5.41, 5.74) is -1.29. The van der Waals surface area contributed by atoms with Crippen molar-refractivity contribution in [2.45, 2.75) is 52.1 Å². The van der Waals surface area contributed by atoms with Gasteiger partial charge in [0.1, 0.15) is 17.1 Å². The Balaban J connectivity index is 1.93. The van der Waals surface area contributed by atoms with E-state index in [-0.39, 0.29) is 22.5 Å². The molecule has 0 unspecified atom stereocenters. The van der Waals surface area contributed by atoms with Crippen LogP contribution in [0.25, 0.3) is 0 Å². The summed E-state index contributed by atoms with van der Waals surface area (Å²) in [5, 5.41) is 7.28. The molecule has 1 aromatic heterocycles. The number of ketones is 1. The highest BCUT2D eigenvalue weighted by atomic mass is 19.3. The van der Waals surface area contributed by atoms with E-state index in [1.165, 1.54) is 27.8 Å². The van der Waals surface area contributed by atoms with E-state index >= 15 is 0 Å². The highest BCUT2D eigenvalue weighted by Gasteiger charge is 2.36. The lowest BCUT2D eigenvalue weighted by atomic mass is 10.00. The highest BCUT2D eigenvalue weighted by Crippen LogP contribution is 2.31.